The highest BCUT2D eigenvalue weighted by atomic mass is 32.2. The van der Waals surface area contributed by atoms with Gasteiger partial charge in [0.15, 0.2) is 11.5 Å². The van der Waals surface area contributed by atoms with Gasteiger partial charge in [0.05, 0.1) is 17.4 Å². The Hall–Kier alpha value is -2.69. The molecule has 0 unspecified atom stereocenters. The number of aromatic nitrogens is 5. The normalized spacial score (nSPS) is 12.5. The van der Waals surface area contributed by atoms with Crippen LogP contribution in [0.4, 0.5) is 13.2 Å². The van der Waals surface area contributed by atoms with E-state index in [9.17, 15) is 21.6 Å². The maximum atomic E-state index is 13.5. The number of rotatable bonds is 3. The van der Waals surface area contributed by atoms with E-state index in [0.29, 0.717) is 4.68 Å². The largest absolute Gasteiger partial charge is 0.434 e. The lowest BCUT2D eigenvalue weighted by atomic mass is 10.2. The number of aromatic amines is 1. The summed E-state index contributed by atoms with van der Waals surface area (Å²) >= 11 is 0. The van der Waals surface area contributed by atoms with Gasteiger partial charge in [0.1, 0.15) is 0 Å². The summed E-state index contributed by atoms with van der Waals surface area (Å²) in [6.07, 6.45) is -2.92. The van der Waals surface area contributed by atoms with Crippen molar-refractivity contribution in [1.82, 2.24) is 25.0 Å². The molecule has 3 aromatic rings. The van der Waals surface area contributed by atoms with Gasteiger partial charge in [0, 0.05) is 6.26 Å². The van der Waals surface area contributed by atoms with Crippen LogP contribution in [0.2, 0.25) is 0 Å². The molecule has 3 rings (SSSR count). The molecule has 0 aliphatic heterocycles. The van der Waals surface area contributed by atoms with Gasteiger partial charge in [0.25, 0.3) is 0 Å². The van der Waals surface area contributed by atoms with E-state index in [-0.39, 0.29) is 5.69 Å². The number of nitrogens with one attached hydrogen (secondary N) is 1. The van der Waals surface area contributed by atoms with Gasteiger partial charge >= 0.3 is 6.18 Å². The number of alkyl halides is 3. The fourth-order valence-electron chi connectivity index (χ4n) is 2.08. The summed E-state index contributed by atoms with van der Waals surface area (Å²) in [5.41, 5.74) is -1.31. The average molecular weight is 357 g/mol. The molecule has 11 heteroatoms. The van der Waals surface area contributed by atoms with Crippen molar-refractivity contribution >= 4 is 9.84 Å². The lowest BCUT2D eigenvalue weighted by molar-refractivity contribution is -0.142. The van der Waals surface area contributed by atoms with Crippen molar-refractivity contribution < 1.29 is 21.6 Å². The standard InChI is InChI=1S/C13H10F3N5O2S/c1-24(22,23)12-18-11(19-20-12)9-7-17-21(10(9)13(14,15)16)8-5-3-2-4-6-8/h2-7H,1H3,(H,18,19,20). The molecule has 0 aliphatic carbocycles. The molecule has 0 saturated carbocycles. The second-order valence-electron chi connectivity index (χ2n) is 4.89. The molecule has 0 amide bonds. The summed E-state index contributed by atoms with van der Waals surface area (Å²) in [6, 6.07) is 7.74. The number of para-hydroxylation sites is 1. The van der Waals surface area contributed by atoms with Crippen molar-refractivity contribution in [2.24, 2.45) is 0 Å². The van der Waals surface area contributed by atoms with Crippen molar-refractivity contribution in [2.75, 3.05) is 6.26 Å². The summed E-state index contributed by atoms with van der Waals surface area (Å²) in [5, 5.41) is 8.92. The highest BCUT2D eigenvalue weighted by Gasteiger charge is 2.40. The molecule has 1 N–H and O–H groups in total. The van der Waals surface area contributed by atoms with Crippen molar-refractivity contribution in [1.29, 1.82) is 0 Å². The first-order valence-electron chi connectivity index (χ1n) is 6.51. The fraction of sp³-hybridized carbons (Fsp3) is 0.154. The van der Waals surface area contributed by atoms with Crippen LogP contribution >= 0.6 is 0 Å². The van der Waals surface area contributed by atoms with E-state index in [1.54, 1.807) is 18.2 Å². The minimum absolute atomic E-state index is 0.204. The van der Waals surface area contributed by atoms with E-state index in [0.717, 1.165) is 12.5 Å². The lowest BCUT2D eigenvalue weighted by Crippen LogP contribution is -2.14. The van der Waals surface area contributed by atoms with Gasteiger partial charge in [-0.2, -0.15) is 28.4 Å². The van der Waals surface area contributed by atoms with Crippen molar-refractivity contribution in [2.45, 2.75) is 11.3 Å². The number of benzene rings is 1. The summed E-state index contributed by atoms with van der Waals surface area (Å²) < 4.78 is 64.1. The second kappa shape index (κ2) is 5.44. The van der Waals surface area contributed by atoms with Crippen LogP contribution in [0, 0.1) is 0 Å². The smallest absolute Gasteiger partial charge is 0.249 e. The summed E-state index contributed by atoms with van der Waals surface area (Å²) in [6.45, 7) is 0. The van der Waals surface area contributed by atoms with Gasteiger partial charge in [-0.25, -0.2) is 18.2 Å². The molecule has 0 bridgehead atoms. The third-order valence-corrected chi connectivity index (χ3v) is 3.98. The van der Waals surface area contributed by atoms with E-state index >= 15 is 0 Å². The van der Waals surface area contributed by atoms with E-state index < -0.39 is 38.3 Å². The number of hydrogen-bond acceptors (Lipinski definition) is 5. The predicted molar refractivity (Wildman–Crippen MR) is 77.1 cm³/mol. The van der Waals surface area contributed by atoms with E-state index in [1.165, 1.54) is 12.1 Å². The Morgan fingerprint density at radius 1 is 1.17 bits per heavy atom. The molecular formula is C13H10F3N5O2S. The second-order valence-corrected chi connectivity index (χ2v) is 6.82. The molecule has 0 radical (unpaired) electrons. The first-order chi connectivity index (χ1) is 11.2. The Balaban J connectivity index is 2.20. The van der Waals surface area contributed by atoms with Crippen LogP contribution in [0.3, 0.4) is 0 Å². The minimum Gasteiger partial charge on any atom is -0.249 e. The minimum atomic E-state index is -4.74. The maximum absolute atomic E-state index is 13.5. The number of halogens is 3. The van der Waals surface area contributed by atoms with Crippen molar-refractivity contribution in [3.8, 4) is 17.1 Å². The van der Waals surface area contributed by atoms with Crippen molar-refractivity contribution in [3.05, 3.63) is 42.2 Å². The molecule has 2 aromatic heterocycles. The van der Waals surface area contributed by atoms with Gasteiger partial charge in [-0.05, 0) is 12.1 Å². The quantitative estimate of drug-likeness (QED) is 0.775. The van der Waals surface area contributed by atoms with Gasteiger partial charge in [0.2, 0.25) is 15.0 Å². The van der Waals surface area contributed by atoms with Crippen LogP contribution in [0.25, 0.3) is 17.1 Å². The van der Waals surface area contributed by atoms with Gasteiger partial charge < -0.3 is 0 Å². The third kappa shape index (κ3) is 2.89. The first-order valence-corrected chi connectivity index (χ1v) is 8.40. The van der Waals surface area contributed by atoms with Gasteiger partial charge in [-0.3, -0.25) is 0 Å². The average Bonchev–Trinajstić information content (AvgIpc) is 3.13. The number of H-pyrrole nitrogens is 1. The molecule has 7 nitrogen and oxygen atoms in total. The molecule has 0 aliphatic rings. The van der Waals surface area contributed by atoms with Crippen LogP contribution < -0.4 is 0 Å². The Labute approximate surface area is 134 Å². The molecule has 126 valence electrons. The van der Waals surface area contributed by atoms with Crippen molar-refractivity contribution in [3.63, 3.8) is 0 Å². The van der Waals surface area contributed by atoms with Crippen LogP contribution in [0.5, 0.6) is 0 Å². The van der Waals surface area contributed by atoms with Gasteiger partial charge in [-0.15, -0.1) is 0 Å². The number of hydrogen-bond donors (Lipinski definition) is 1. The first kappa shape index (κ1) is 16.2. The monoisotopic (exact) mass is 357 g/mol. The molecule has 0 fully saturated rings. The lowest BCUT2D eigenvalue weighted by Gasteiger charge is -2.11. The summed E-state index contributed by atoms with van der Waals surface area (Å²) in [7, 11) is -3.72. The zero-order valence-electron chi connectivity index (χ0n) is 12.1. The molecule has 1 aromatic carbocycles. The zero-order chi connectivity index (χ0) is 17.5. The van der Waals surface area contributed by atoms with Gasteiger partial charge in [-0.1, -0.05) is 18.2 Å². The van der Waals surface area contributed by atoms with Crippen LogP contribution in [-0.4, -0.2) is 39.6 Å². The Morgan fingerprint density at radius 3 is 2.38 bits per heavy atom. The van der Waals surface area contributed by atoms with Crippen LogP contribution in [0.1, 0.15) is 5.69 Å². The van der Waals surface area contributed by atoms with E-state index in [2.05, 4.69) is 20.3 Å². The van der Waals surface area contributed by atoms with E-state index in [1.807, 2.05) is 0 Å². The topological polar surface area (TPSA) is 93.5 Å². The number of nitrogens with zero attached hydrogens (tertiary/aromatic N) is 4. The fourth-order valence-corrected chi connectivity index (χ4v) is 2.55. The Bertz CT molecular complexity index is 977. The predicted octanol–water partition coefficient (Wildman–Crippen LogP) is 2.08. The van der Waals surface area contributed by atoms with Crippen LogP contribution in [0.15, 0.2) is 41.7 Å². The molecule has 2 heterocycles. The Kier molecular flexibility index (Phi) is 3.67. The molecule has 0 spiro atoms. The SMILES string of the molecule is CS(=O)(=O)c1nc(-c2cnn(-c3ccccc3)c2C(F)(F)F)n[nH]1. The highest BCUT2D eigenvalue weighted by Crippen LogP contribution is 2.37. The molecule has 0 saturated heterocycles. The molecular weight excluding hydrogens is 347 g/mol. The maximum Gasteiger partial charge on any atom is 0.434 e. The Morgan fingerprint density at radius 2 is 1.83 bits per heavy atom. The summed E-state index contributed by atoms with van der Waals surface area (Å²) in [4.78, 5) is 3.62. The number of sulfone groups is 1. The molecule has 0 atom stereocenters. The summed E-state index contributed by atoms with van der Waals surface area (Å²) in [5.74, 6) is -0.398. The van der Waals surface area contributed by atoms with Crippen LogP contribution in [-0.2, 0) is 16.0 Å². The van der Waals surface area contributed by atoms with E-state index in [4.69, 9.17) is 0 Å². The highest BCUT2D eigenvalue weighted by molar-refractivity contribution is 7.90. The third-order valence-electron chi connectivity index (χ3n) is 3.10. The zero-order valence-corrected chi connectivity index (χ0v) is 12.9. The molecule has 24 heavy (non-hydrogen) atoms.